The summed E-state index contributed by atoms with van der Waals surface area (Å²) in [6.07, 6.45) is 3.71. The Kier molecular flexibility index (Phi) is 3.52. The van der Waals surface area contributed by atoms with Crippen molar-refractivity contribution in [2.75, 3.05) is 20.2 Å². The fraction of sp³-hybridized carbons (Fsp3) is 0.278. The molecule has 3 aromatic rings. The molecule has 3 heterocycles. The van der Waals surface area contributed by atoms with Gasteiger partial charge in [0.05, 0.1) is 25.1 Å². The van der Waals surface area contributed by atoms with E-state index in [1.807, 2.05) is 24.5 Å². The lowest BCUT2D eigenvalue weighted by Crippen LogP contribution is -2.49. The second-order valence-corrected chi connectivity index (χ2v) is 5.99. The van der Waals surface area contributed by atoms with Crippen LogP contribution in [0.5, 0.6) is 5.75 Å². The fourth-order valence-corrected chi connectivity index (χ4v) is 3.06. The van der Waals surface area contributed by atoms with Gasteiger partial charge in [0.25, 0.3) is 0 Å². The Morgan fingerprint density at radius 2 is 2.13 bits per heavy atom. The van der Waals surface area contributed by atoms with Crippen molar-refractivity contribution in [1.82, 2.24) is 14.3 Å². The predicted octanol–water partition coefficient (Wildman–Crippen LogP) is 2.19. The van der Waals surface area contributed by atoms with E-state index in [1.54, 1.807) is 7.11 Å². The summed E-state index contributed by atoms with van der Waals surface area (Å²) in [4.78, 5) is 6.71. The number of methoxy groups -OCH3 is 1. The molecule has 0 amide bonds. The van der Waals surface area contributed by atoms with Gasteiger partial charge in [0.1, 0.15) is 11.4 Å². The van der Waals surface area contributed by atoms with Crippen LogP contribution in [-0.4, -0.2) is 45.7 Å². The molecule has 0 saturated carbocycles. The third-order valence-electron chi connectivity index (χ3n) is 4.29. The van der Waals surface area contributed by atoms with Crippen molar-refractivity contribution >= 4 is 5.65 Å². The first-order valence-corrected chi connectivity index (χ1v) is 7.74. The average molecular weight is 309 g/mol. The van der Waals surface area contributed by atoms with Gasteiger partial charge in [0.2, 0.25) is 0 Å². The Balaban J connectivity index is 1.65. The number of fused-ring (bicyclic) bond motifs is 1. The van der Waals surface area contributed by atoms with Gasteiger partial charge in [0, 0.05) is 37.5 Å². The zero-order valence-electron chi connectivity index (χ0n) is 13.0. The van der Waals surface area contributed by atoms with Crippen LogP contribution in [-0.2, 0) is 6.54 Å². The van der Waals surface area contributed by atoms with E-state index in [0.29, 0.717) is 0 Å². The summed E-state index contributed by atoms with van der Waals surface area (Å²) in [6, 6.07) is 12.4. The topological polar surface area (TPSA) is 50.0 Å². The summed E-state index contributed by atoms with van der Waals surface area (Å²) < 4.78 is 7.31. The maximum absolute atomic E-state index is 9.40. The molecule has 23 heavy (non-hydrogen) atoms. The third kappa shape index (κ3) is 2.69. The molecule has 1 aliphatic heterocycles. The second-order valence-electron chi connectivity index (χ2n) is 5.99. The van der Waals surface area contributed by atoms with Crippen molar-refractivity contribution in [2.24, 2.45) is 0 Å². The first-order valence-electron chi connectivity index (χ1n) is 7.74. The summed E-state index contributed by atoms with van der Waals surface area (Å²) in [7, 11) is 1.66. The van der Waals surface area contributed by atoms with Crippen LogP contribution in [0.1, 0.15) is 5.56 Å². The Hall–Kier alpha value is -2.37. The predicted molar refractivity (Wildman–Crippen MR) is 88.5 cm³/mol. The number of hydrogen-bond acceptors (Lipinski definition) is 4. The molecule has 4 rings (SSSR count). The number of imidazole rings is 1. The molecule has 0 unspecified atom stereocenters. The second kappa shape index (κ2) is 5.68. The largest absolute Gasteiger partial charge is 0.497 e. The summed E-state index contributed by atoms with van der Waals surface area (Å²) >= 11 is 0. The minimum Gasteiger partial charge on any atom is -0.497 e. The molecule has 0 bridgehead atoms. The number of aliphatic hydroxyl groups excluding tert-OH is 1. The minimum absolute atomic E-state index is 0.160. The average Bonchev–Trinajstić information content (AvgIpc) is 2.96. The lowest BCUT2D eigenvalue weighted by atomic mass is 10.1. The number of aromatic nitrogens is 2. The molecule has 0 atom stereocenters. The maximum atomic E-state index is 9.40. The van der Waals surface area contributed by atoms with Crippen LogP contribution in [0, 0.1) is 0 Å². The number of aliphatic hydroxyl groups is 1. The molecule has 5 heteroatoms. The van der Waals surface area contributed by atoms with Crippen molar-refractivity contribution in [1.29, 1.82) is 0 Å². The van der Waals surface area contributed by atoms with Gasteiger partial charge in [-0.05, 0) is 17.7 Å². The minimum atomic E-state index is -0.160. The van der Waals surface area contributed by atoms with Crippen molar-refractivity contribution in [2.45, 2.75) is 12.6 Å². The zero-order valence-corrected chi connectivity index (χ0v) is 13.0. The molecule has 1 N–H and O–H groups in total. The summed E-state index contributed by atoms with van der Waals surface area (Å²) in [5.41, 5.74) is 4.32. The molecular formula is C18H19N3O2. The quantitative estimate of drug-likeness (QED) is 0.802. The van der Waals surface area contributed by atoms with E-state index < -0.39 is 0 Å². The highest BCUT2D eigenvalue weighted by Crippen LogP contribution is 2.25. The van der Waals surface area contributed by atoms with Crippen molar-refractivity contribution < 1.29 is 9.84 Å². The fourth-order valence-electron chi connectivity index (χ4n) is 3.06. The highest BCUT2D eigenvalue weighted by Gasteiger charge is 2.23. The van der Waals surface area contributed by atoms with Crippen molar-refractivity contribution in [3.05, 3.63) is 54.4 Å². The van der Waals surface area contributed by atoms with Gasteiger partial charge in [-0.15, -0.1) is 0 Å². The van der Waals surface area contributed by atoms with Crippen molar-refractivity contribution in [3.8, 4) is 17.0 Å². The number of benzene rings is 1. The van der Waals surface area contributed by atoms with Gasteiger partial charge < -0.3 is 9.84 Å². The van der Waals surface area contributed by atoms with Gasteiger partial charge in [-0.25, -0.2) is 4.98 Å². The van der Waals surface area contributed by atoms with Crippen LogP contribution in [0.3, 0.4) is 0 Å². The molecular weight excluding hydrogens is 290 g/mol. The molecule has 1 aromatic carbocycles. The molecule has 1 aliphatic rings. The Morgan fingerprint density at radius 3 is 2.91 bits per heavy atom. The number of nitrogens with zero attached hydrogens (tertiary/aromatic N) is 3. The Labute approximate surface area is 134 Å². The molecule has 5 nitrogen and oxygen atoms in total. The van der Waals surface area contributed by atoms with Gasteiger partial charge in [-0.3, -0.25) is 9.30 Å². The number of ether oxygens (including phenoxy) is 1. The van der Waals surface area contributed by atoms with E-state index in [2.05, 4.69) is 38.6 Å². The summed E-state index contributed by atoms with van der Waals surface area (Å²) in [5.74, 6) is 0.805. The molecule has 0 aliphatic carbocycles. The molecule has 1 fully saturated rings. The van der Waals surface area contributed by atoms with Gasteiger partial charge in [-0.2, -0.15) is 0 Å². The van der Waals surface area contributed by atoms with Crippen LogP contribution in [0.2, 0.25) is 0 Å². The van der Waals surface area contributed by atoms with Crippen LogP contribution in [0.15, 0.2) is 48.8 Å². The monoisotopic (exact) mass is 309 g/mol. The first-order chi connectivity index (χ1) is 11.2. The standard InChI is InChI=1S/C18H19N3O2/c1-23-16-5-6-21-17(9-19-18(21)8-16)14-4-2-3-13(7-14)10-20-11-15(22)12-20/h2-9,15,22H,10-12H2,1H3. The number of rotatable bonds is 4. The van der Waals surface area contributed by atoms with Crippen molar-refractivity contribution in [3.63, 3.8) is 0 Å². The maximum Gasteiger partial charge on any atom is 0.140 e. The van der Waals surface area contributed by atoms with E-state index in [9.17, 15) is 5.11 Å². The molecule has 2 aromatic heterocycles. The number of hydrogen-bond donors (Lipinski definition) is 1. The lowest BCUT2D eigenvalue weighted by Gasteiger charge is -2.35. The highest BCUT2D eigenvalue weighted by molar-refractivity contribution is 5.65. The Bertz CT molecular complexity index is 837. The third-order valence-corrected chi connectivity index (χ3v) is 4.29. The van der Waals surface area contributed by atoms with Gasteiger partial charge in [0.15, 0.2) is 0 Å². The van der Waals surface area contributed by atoms with Crippen LogP contribution in [0.25, 0.3) is 16.9 Å². The first kappa shape index (κ1) is 14.2. The molecule has 0 radical (unpaired) electrons. The van der Waals surface area contributed by atoms with Crippen LogP contribution < -0.4 is 4.74 Å². The van der Waals surface area contributed by atoms with E-state index in [0.717, 1.165) is 42.3 Å². The number of β-amino-alcohol motifs (C(OH)–C–C–N with tert-alkyl or cyclic N) is 1. The smallest absolute Gasteiger partial charge is 0.140 e. The van der Waals surface area contributed by atoms with E-state index >= 15 is 0 Å². The summed E-state index contributed by atoms with van der Waals surface area (Å²) in [5, 5.41) is 9.40. The molecule has 118 valence electrons. The number of likely N-dealkylation sites (tertiary alicyclic amines) is 1. The lowest BCUT2D eigenvalue weighted by molar-refractivity contribution is -0.00285. The van der Waals surface area contributed by atoms with Gasteiger partial charge in [-0.1, -0.05) is 18.2 Å². The summed E-state index contributed by atoms with van der Waals surface area (Å²) in [6.45, 7) is 2.40. The van der Waals surface area contributed by atoms with Crippen LogP contribution >= 0.6 is 0 Å². The zero-order chi connectivity index (χ0) is 15.8. The van der Waals surface area contributed by atoms with Crippen LogP contribution in [0.4, 0.5) is 0 Å². The Morgan fingerprint density at radius 1 is 1.26 bits per heavy atom. The molecule has 0 spiro atoms. The number of pyridine rings is 1. The highest BCUT2D eigenvalue weighted by atomic mass is 16.5. The van der Waals surface area contributed by atoms with E-state index in [4.69, 9.17) is 4.74 Å². The van der Waals surface area contributed by atoms with Gasteiger partial charge >= 0.3 is 0 Å². The normalized spacial score (nSPS) is 15.7. The molecule has 1 saturated heterocycles. The SMILES string of the molecule is COc1ccn2c(-c3cccc(CN4CC(O)C4)c3)cnc2c1. The van der Waals surface area contributed by atoms with E-state index in [1.165, 1.54) is 5.56 Å². The van der Waals surface area contributed by atoms with E-state index in [-0.39, 0.29) is 6.10 Å².